The number of rotatable bonds is 3. The Balaban J connectivity index is 1.81. The zero-order chi connectivity index (χ0) is 11.5. The number of carbonyl (C=O) groups is 1. The summed E-state index contributed by atoms with van der Waals surface area (Å²) in [6.45, 7) is 5.30. The Kier molecular flexibility index (Phi) is 3.85. The Labute approximate surface area is 98.4 Å². The van der Waals surface area contributed by atoms with Crippen LogP contribution in [0.2, 0.25) is 0 Å². The molecule has 1 heterocycles. The maximum absolute atomic E-state index is 12.0. The first kappa shape index (κ1) is 11.9. The summed E-state index contributed by atoms with van der Waals surface area (Å²) in [5, 5.41) is 6.48. The highest BCUT2D eigenvalue weighted by molar-refractivity contribution is 5.82. The smallest absolute Gasteiger partial charge is 0.237 e. The van der Waals surface area contributed by atoms with E-state index in [-0.39, 0.29) is 11.9 Å². The SMILES string of the molecule is CC1CCNC1C(=O)NC(C)C1CCCC1. The maximum atomic E-state index is 12.0. The van der Waals surface area contributed by atoms with Crippen molar-refractivity contribution < 1.29 is 4.79 Å². The summed E-state index contributed by atoms with van der Waals surface area (Å²) >= 11 is 0. The fourth-order valence-electron chi connectivity index (χ4n) is 3.07. The van der Waals surface area contributed by atoms with Crippen LogP contribution < -0.4 is 10.6 Å². The number of amides is 1. The van der Waals surface area contributed by atoms with Crippen LogP contribution >= 0.6 is 0 Å². The quantitative estimate of drug-likeness (QED) is 0.766. The van der Waals surface area contributed by atoms with Crippen molar-refractivity contribution in [2.45, 2.75) is 58.0 Å². The van der Waals surface area contributed by atoms with Crippen molar-refractivity contribution in [1.82, 2.24) is 10.6 Å². The molecule has 3 unspecified atom stereocenters. The summed E-state index contributed by atoms with van der Waals surface area (Å²) in [4.78, 5) is 12.0. The average Bonchev–Trinajstić information content (AvgIpc) is 2.86. The molecule has 2 fully saturated rings. The molecule has 0 aromatic heterocycles. The van der Waals surface area contributed by atoms with Crippen LogP contribution in [-0.2, 0) is 4.79 Å². The summed E-state index contributed by atoms with van der Waals surface area (Å²) in [6.07, 6.45) is 6.37. The maximum Gasteiger partial charge on any atom is 0.237 e. The van der Waals surface area contributed by atoms with Crippen LogP contribution in [0.25, 0.3) is 0 Å². The van der Waals surface area contributed by atoms with Gasteiger partial charge in [0, 0.05) is 6.04 Å². The molecule has 16 heavy (non-hydrogen) atoms. The Morgan fingerprint density at radius 2 is 2.00 bits per heavy atom. The van der Waals surface area contributed by atoms with Crippen LogP contribution in [-0.4, -0.2) is 24.5 Å². The lowest BCUT2D eigenvalue weighted by Gasteiger charge is -2.23. The molecule has 2 rings (SSSR count). The minimum absolute atomic E-state index is 0.0452. The molecule has 1 aliphatic heterocycles. The third-order valence-electron chi connectivity index (χ3n) is 4.29. The second-order valence-corrected chi connectivity index (χ2v) is 5.54. The largest absolute Gasteiger partial charge is 0.352 e. The Morgan fingerprint density at radius 3 is 2.56 bits per heavy atom. The first-order chi connectivity index (χ1) is 7.68. The second kappa shape index (κ2) is 5.17. The summed E-state index contributed by atoms with van der Waals surface area (Å²) in [6, 6.07) is 0.397. The van der Waals surface area contributed by atoms with Crippen molar-refractivity contribution in [3.8, 4) is 0 Å². The molecule has 3 nitrogen and oxygen atoms in total. The molecule has 1 amide bonds. The van der Waals surface area contributed by atoms with E-state index in [1.54, 1.807) is 0 Å². The minimum Gasteiger partial charge on any atom is -0.352 e. The zero-order valence-electron chi connectivity index (χ0n) is 10.5. The molecule has 1 saturated heterocycles. The van der Waals surface area contributed by atoms with E-state index in [2.05, 4.69) is 24.5 Å². The third-order valence-corrected chi connectivity index (χ3v) is 4.29. The molecule has 0 aromatic carbocycles. The van der Waals surface area contributed by atoms with Crippen LogP contribution in [0.3, 0.4) is 0 Å². The van der Waals surface area contributed by atoms with Crippen molar-refractivity contribution in [2.24, 2.45) is 11.8 Å². The lowest BCUT2D eigenvalue weighted by atomic mass is 9.98. The lowest BCUT2D eigenvalue weighted by Crippen LogP contribution is -2.48. The third kappa shape index (κ3) is 2.57. The van der Waals surface area contributed by atoms with Gasteiger partial charge in [0.2, 0.25) is 5.91 Å². The highest BCUT2D eigenvalue weighted by Gasteiger charge is 2.31. The molecular weight excluding hydrogens is 200 g/mol. The van der Waals surface area contributed by atoms with Gasteiger partial charge in [-0.1, -0.05) is 19.8 Å². The van der Waals surface area contributed by atoms with E-state index >= 15 is 0 Å². The van der Waals surface area contributed by atoms with Crippen LogP contribution in [0, 0.1) is 11.8 Å². The van der Waals surface area contributed by atoms with Crippen molar-refractivity contribution >= 4 is 5.91 Å². The first-order valence-electron chi connectivity index (χ1n) is 6.72. The highest BCUT2D eigenvalue weighted by Crippen LogP contribution is 2.27. The fourth-order valence-corrected chi connectivity index (χ4v) is 3.07. The Hall–Kier alpha value is -0.570. The monoisotopic (exact) mass is 224 g/mol. The molecule has 2 aliphatic rings. The van der Waals surface area contributed by atoms with E-state index < -0.39 is 0 Å². The van der Waals surface area contributed by atoms with Gasteiger partial charge in [0.15, 0.2) is 0 Å². The second-order valence-electron chi connectivity index (χ2n) is 5.54. The van der Waals surface area contributed by atoms with Gasteiger partial charge in [0.05, 0.1) is 6.04 Å². The molecule has 0 radical (unpaired) electrons. The summed E-state index contributed by atoms with van der Waals surface area (Å²) in [7, 11) is 0. The van der Waals surface area contributed by atoms with Gasteiger partial charge < -0.3 is 10.6 Å². The van der Waals surface area contributed by atoms with Crippen LogP contribution in [0.4, 0.5) is 0 Å². The van der Waals surface area contributed by atoms with Gasteiger partial charge in [-0.15, -0.1) is 0 Å². The topological polar surface area (TPSA) is 41.1 Å². The standard InChI is InChI=1S/C13H24N2O/c1-9-7-8-14-12(9)13(16)15-10(2)11-5-3-4-6-11/h9-12,14H,3-8H2,1-2H3,(H,15,16). The van der Waals surface area contributed by atoms with Gasteiger partial charge in [0.1, 0.15) is 0 Å². The van der Waals surface area contributed by atoms with Gasteiger partial charge in [-0.3, -0.25) is 4.79 Å². The lowest BCUT2D eigenvalue weighted by molar-refractivity contribution is -0.124. The summed E-state index contributed by atoms with van der Waals surface area (Å²) in [5.74, 6) is 1.40. The van der Waals surface area contributed by atoms with E-state index in [1.807, 2.05) is 0 Å². The molecule has 3 atom stereocenters. The molecule has 2 N–H and O–H groups in total. The van der Waals surface area contributed by atoms with Gasteiger partial charge in [0.25, 0.3) is 0 Å². The molecular formula is C13H24N2O. The van der Waals surface area contributed by atoms with Crippen molar-refractivity contribution in [1.29, 1.82) is 0 Å². The van der Waals surface area contributed by atoms with Crippen molar-refractivity contribution in [2.75, 3.05) is 6.54 Å². The van der Waals surface area contributed by atoms with Gasteiger partial charge in [-0.2, -0.15) is 0 Å². The van der Waals surface area contributed by atoms with Gasteiger partial charge >= 0.3 is 0 Å². The molecule has 92 valence electrons. The number of hydrogen-bond donors (Lipinski definition) is 2. The van der Waals surface area contributed by atoms with E-state index in [0.29, 0.717) is 17.9 Å². The number of carbonyl (C=O) groups excluding carboxylic acids is 1. The minimum atomic E-state index is 0.0452. The van der Waals surface area contributed by atoms with Crippen molar-refractivity contribution in [3.05, 3.63) is 0 Å². The molecule has 1 saturated carbocycles. The molecule has 1 aliphatic carbocycles. The molecule has 0 bridgehead atoms. The average molecular weight is 224 g/mol. The van der Waals surface area contributed by atoms with Crippen molar-refractivity contribution in [3.63, 3.8) is 0 Å². The predicted octanol–water partition coefficient (Wildman–Crippen LogP) is 1.68. The number of nitrogens with one attached hydrogen (secondary N) is 2. The molecule has 0 aromatic rings. The fraction of sp³-hybridized carbons (Fsp3) is 0.923. The predicted molar refractivity (Wildman–Crippen MR) is 65.1 cm³/mol. The van der Waals surface area contributed by atoms with Crippen LogP contribution in [0.5, 0.6) is 0 Å². The van der Waals surface area contributed by atoms with Gasteiger partial charge in [-0.25, -0.2) is 0 Å². The van der Waals surface area contributed by atoms with Crippen LogP contribution in [0.1, 0.15) is 46.0 Å². The van der Waals surface area contributed by atoms with Gasteiger partial charge in [-0.05, 0) is 44.6 Å². The summed E-state index contributed by atoms with van der Waals surface area (Å²) in [5.41, 5.74) is 0. The van der Waals surface area contributed by atoms with E-state index in [1.165, 1.54) is 25.7 Å². The van der Waals surface area contributed by atoms with E-state index in [4.69, 9.17) is 0 Å². The Bertz CT molecular complexity index is 248. The van der Waals surface area contributed by atoms with Crippen LogP contribution in [0.15, 0.2) is 0 Å². The zero-order valence-corrected chi connectivity index (χ0v) is 10.5. The van der Waals surface area contributed by atoms with E-state index in [0.717, 1.165) is 13.0 Å². The molecule has 3 heteroatoms. The number of hydrogen-bond acceptors (Lipinski definition) is 2. The first-order valence-corrected chi connectivity index (χ1v) is 6.72. The highest BCUT2D eigenvalue weighted by atomic mass is 16.2. The Morgan fingerprint density at radius 1 is 1.31 bits per heavy atom. The summed E-state index contributed by atoms with van der Waals surface area (Å²) < 4.78 is 0. The molecule has 0 spiro atoms. The normalized spacial score (nSPS) is 32.9. The van der Waals surface area contributed by atoms with E-state index in [9.17, 15) is 4.79 Å².